The summed E-state index contributed by atoms with van der Waals surface area (Å²) < 4.78 is 11.6. The predicted molar refractivity (Wildman–Crippen MR) is 99.4 cm³/mol. The predicted octanol–water partition coefficient (Wildman–Crippen LogP) is 1.12. The monoisotopic (exact) mass is 371 g/mol. The van der Waals surface area contributed by atoms with Crippen molar-refractivity contribution in [3.63, 3.8) is 0 Å². The van der Waals surface area contributed by atoms with E-state index >= 15 is 0 Å². The summed E-state index contributed by atoms with van der Waals surface area (Å²) in [7, 11) is 3.08. The Hall–Kier alpha value is -3.13. The molecule has 142 valence electrons. The number of carbonyl (C=O) groups excluding carboxylic acids is 2. The summed E-state index contributed by atoms with van der Waals surface area (Å²) in [5.74, 6) is -0.0138. The zero-order chi connectivity index (χ0) is 19.4. The van der Waals surface area contributed by atoms with E-state index in [1.54, 1.807) is 36.2 Å². The number of nitrogens with zero attached hydrogens (tertiary/aromatic N) is 2. The smallest absolute Gasteiger partial charge is 0.274 e. The lowest BCUT2D eigenvalue weighted by Gasteiger charge is -2.27. The van der Waals surface area contributed by atoms with E-state index in [-0.39, 0.29) is 11.6 Å². The Morgan fingerprint density at radius 1 is 1.11 bits per heavy atom. The van der Waals surface area contributed by atoms with E-state index in [1.165, 1.54) is 23.9 Å². The molecule has 0 atom stereocenters. The number of amides is 2. The van der Waals surface area contributed by atoms with Gasteiger partial charge >= 0.3 is 0 Å². The van der Waals surface area contributed by atoms with E-state index in [0.29, 0.717) is 43.2 Å². The van der Waals surface area contributed by atoms with Gasteiger partial charge < -0.3 is 24.3 Å². The number of ether oxygens (including phenoxy) is 2. The first-order valence-electron chi connectivity index (χ1n) is 8.52. The number of hydrogen-bond acceptors (Lipinski definition) is 5. The summed E-state index contributed by atoms with van der Waals surface area (Å²) in [6.07, 6.45) is 1.48. The molecule has 1 N–H and O–H groups in total. The molecular weight excluding hydrogens is 350 g/mol. The molecule has 1 aromatic heterocycles. The largest absolute Gasteiger partial charge is 0.497 e. The molecule has 0 spiro atoms. The molecular formula is C19H21N3O5. The Labute approximate surface area is 156 Å². The molecule has 3 rings (SSSR count). The minimum Gasteiger partial charge on any atom is -0.497 e. The van der Waals surface area contributed by atoms with Crippen molar-refractivity contribution < 1.29 is 19.1 Å². The highest BCUT2D eigenvalue weighted by Crippen LogP contribution is 2.14. The van der Waals surface area contributed by atoms with Gasteiger partial charge in [0.2, 0.25) is 0 Å². The molecule has 2 heterocycles. The Morgan fingerprint density at radius 3 is 2.41 bits per heavy atom. The maximum absolute atomic E-state index is 12.7. The van der Waals surface area contributed by atoms with Crippen molar-refractivity contribution >= 4 is 17.5 Å². The van der Waals surface area contributed by atoms with E-state index in [1.807, 2.05) is 0 Å². The van der Waals surface area contributed by atoms with E-state index < -0.39 is 11.5 Å². The quantitative estimate of drug-likeness (QED) is 0.870. The fraction of sp³-hybridized carbons (Fsp3) is 0.316. The topological polar surface area (TPSA) is 89.9 Å². The van der Waals surface area contributed by atoms with Crippen LogP contribution in [0.1, 0.15) is 20.7 Å². The van der Waals surface area contributed by atoms with Gasteiger partial charge in [0.15, 0.2) is 0 Å². The summed E-state index contributed by atoms with van der Waals surface area (Å²) >= 11 is 0. The van der Waals surface area contributed by atoms with Crippen molar-refractivity contribution in [3.05, 3.63) is 58.0 Å². The van der Waals surface area contributed by atoms with Crippen LogP contribution in [-0.4, -0.2) is 54.7 Å². The fourth-order valence-electron chi connectivity index (χ4n) is 2.80. The highest BCUT2D eigenvalue weighted by molar-refractivity contribution is 6.05. The van der Waals surface area contributed by atoms with Crippen LogP contribution < -0.4 is 15.6 Å². The van der Waals surface area contributed by atoms with Gasteiger partial charge in [-0.05, 0) is 30.3 Å². The normalized spacial score (nSPS) is 13.9. The van der Waals surface area contributed by atoms with Crippen molar-refractivity contribution in [1.82, 2.24) is 9.47 Å². The van der Waals surface area contributed by atoms with Crippen LogP contribution in [0.5, 0.6) is 5.75 Å². The molecule has 8 heteroatoms. The summed E-state index contributed by atoms with van der Waals surface area (Å²) in [6.45, 7) is 1.96. The second-order valence-electron chi connectivity index (χ2n) is 6.15. The van der Waals surface area contributed by atoms with E-state index in [9.17, 15) is 14.4 Å². The van der Waals surface area contributed by atoms with Crippen LogP contribution in [0.4, 0.5) is 5.69 Å². The average molecular weight is 371 g/mol. The number of methoxy groups -OCH3 is 1. The van der Waals surface area contributed by atoms with Crippen LogP contribution in [0, 0.1) is 0 Å². The highest BCUT2D eigenvalue weighted by Gasteiger charge is 2.21. The minimum absolute atomic E-state index is 0.0532. The first kappa shape index (κ1) is 18.7. The Morgan fingerprint density at radius 2 is 1.78 bits per heavy atom. The summed E-state index contributed by atoms with van der Waals surface area (Å²) in [4.78, 5) is 39.2. The molecule has 2 aromatic rings. The Kier molecular flexibility index (Phi) is 5.56. The molecule has 1 aliphatic rings. The molecule has 1 aliphatic heterocycles. The molecule has 0 radical (unpaired) electrons. The second kappa shape index (κ2) is 8.05. The van der Waals surface area contributed by atoms with Gasteiger partial charge in [0.05, 0.1) is 25.9 Å². The molecule has 0 unspecified atom stereocenters. The van der Waals surface area contributed by atoms with Crippen LogP contribution in [0.2, 0.25) is 0 Å². The number of anilines is 1. The lowest BCUT2D eigenvalue weighted by Crippen LogP contribution is -2.41. The van der Waals surface area contributed by atoms with Gasteiger partial charge in [-0.3, -0.25) is 14.4 Å². The summed E-state index contributed by atoms with van der Waals surface area (Å²) in [5.41, 5.74) is 0.375. The standard InChI is InChI=1S/C19H21N3O5/c1-21-12-14(18(24)22-7-9-27-10-8-22)11-16(19(21)25)20-17(23)13-3-5-15(26-2)6-4-13/h3-6,11-12H,7-10H2,1-2H3,(H,20,23). The highest BCUT2D eigenvalue weighted by atomic mass is 16.5. The van der Waals surface area contributed by atoms with Crippen molar-refractivity contribution in [3.8, 4) is 5.75 Å². The maximum atomic E-state index is 12.7. The maximum Gasteiger partial charge on any atom is 0.274 e. The van der Waals surface area contributed by atoms with E-state index in [0.717, 1.165) is 0 Å². The van der Waals surface area contributed by atoms with Crippen LogP contribution >= 0.6 is 0 Å². The van der Waals surface area contributed by atoms with Gasteiger partial charge in [-0.25, -0.2) is 0 Å². The molecule has 0 saturated carbocycles. The van der Waals surface area contributed by atoms with E-state index in [2.05, 4.69) is 5.32 Å². The number of aryl methyl sites for hydroxylation is 1. The number of benzene rings is 1. The fourth-order valence-corrected chi connectivity index (χ4v) is 2.80. The minimum atomic E-state index is -0.439. The number of carbonyl (C=O) groups is 2. The van der Waals surface area contributed by atoms with Gasteiger partial charge in [-0.15, -0.1) is 0 Å². The zero-order valence-electron chi connectivity index (χ0n) is 15.2. The average Bonchev–Trinajstić information content (AvgIpc) is 2.71. The van der Waals surface area contributed by atoms with Crippen LogP contribution in [0.3, 0.4) is 0 Å². The Bertz CT molecular complexity index is 899. The number of pyridine rings is 1. The number of morpholine rings is 1. The van der Waals surface area contributed by atoms with Gasteiger partial charge in [-0.1, -0.05) is 0 Å². The van der Waals surface area contributed by atoms with Crippen molar-refractivity contribution in [2.45, 2.75) is 0 Å². The molecule has 1 saturated heterocycles. The third kappa shape index (κ3) is 4.17. The molecule has 1 aromatic carbocycles. The SMILES string of the molecule is COc1ccc(C(=O)Nc2cc(C(=O)N3CCOCC3)cn(C)c2=O)cc1. The van der Waals surface area contributed by atoms with Crippen molar-refractivity contribution in [2.24, 2.45) is 7.05 Å². The lowest BCUT2D eigenvalue weighted by atomic mass is 10.2. The first-order chi connectivity index (χ1) is 13.0. The third-order valence-corrected chi connectivity index (χ3v) is 4.33. The molecule has 27 heavy (non-hydrogen) atoms. The van der Waals surface area contributed by atoms with Crippen LogP contribution in [0.25, 0.3) is 0 Å². The number of hydrogen-bond donors (Lipinski definition) is 1. The third-order valence-electron chi connectivity index (χ3n) is 4.33. The number of nitrogens with one attached hydrogen (secondary N) is 1. The first-order valence-corrected chi connectivity index (χ1v) is 8.52. The van der Waals surface area contributed by atoms with E-state index in [4.69, 9.17) is 9.47 Å². The summed E-state index contributed by atoms with van der Waals surface area (Å²) in [5, 5.41) is 2.59. The summed E-state index contributed by atoms with van der Waals surface area (Å²) in [6, 6.07) is 7.93. The van der Waals surface area contributed by atoms with Gasteiger partial charge in [-0.2, -0.15) is 0 Å². The molecule has 8 nitrogen and oxygen atoms in total. The lowest BCUT2D eigenvalue weighted by molar-refractivity contribution is 0.0302. The Balaban J connectivity index is 1.83. The second-order valence-corrected chi connectivity index (χ2v) is 6.15. The molecule has 2 amide bonds. The van der Waals surface area contributed by atoms with Gasteiger partial charge in [0.1, 0.15) is 11.4 Å². The van der Waals surface area contributed by atoms with Crippen LogP contribution in [-0.2, 0) is 11.8 Å². The van der Waals surface area contributed by atoms with Crippen LogP contribution in [0.15, 0.2) is 41.3 Å². The molecule has 1 fully saturated rings. The molecule has 0 aliphatic carbocycles. The van der Waals surface area contributed by atoms with Crippen molar-refractivity contribution in [1.29, 1.82) is 0 Å². The van der Waals surface area contributed by atoms with Gasteiger partial charge in [0.25, 0.3) is 17.4 Å². The van der Waals surface area contributed by atoms with Gasteiger partial charge in [0, 0.05) is 31.9 Å². The van der Waals surface area contributed by atoms with Crippen molar-refractivity contribution in [2.75, 3.05) is 38.7 Å². The molecule has 0 bridgehead atoms. The number of rotatable bonds is 4. The zero-order valence-corrected chi connectivity index (χ0v) is 15.2. The number of aromatic nitrogens is 1.